The highest BCUT2D eigenvalue weighted by Crippen LogP contribution is 2.12. The number of carbonyl (C=O) groups excluding carboxylic acids is 2. The first kappa shape index (κ1) is 15.1. The number of fused-ring (bicyclic) bond motifs is 1. The summed E-state index contributed by atoms with van der Waals surface area (Å²) in [5.41, 5.74) is -0.315. The number of aromatic nitrogens is 2. The highest BCUT2D eigenvalue weighted by molar-refractivity contribution is 7.16. The van der Waals surface area contributed by atoms with Crippen LogP contribution in [0.2, 0.25) is 0 Å². The zero-order chi connectivity index (χ0) is 15.4. The van der Waals surface area contributed by atoms with Crippen LogP contribution in [0, 0.1) is 0 Å². The molecule has 21 heavy (non-hydrogen) atoms. The van der Waals surface area contributed by atoms with Gasteiger partial charge >= 0.3 is 5.97 Å². The number of hydrogen-bond donors (Lipinski definition) is 2. The van der Waals surface area contributed by atoms with Gasteiger partial charge in [0.1, 0.15) is 11.4 Å². The Morgan fingerprint density at radius 2 is 2.33 bits per heavy atom. The summed E-state index contributed by atoms with van der Waals surface area (Å²) in [5.74, 6) is -1.36. The van der Waals surface area contributed by atoms with Gasteiger partial charge < -0.3 is 15.2 Å². The molecule has 0 spiro atoms. The van der Waals surface area contributed by atoms with E-state index in [9.17, 15) is 19.5 Å². The molecule has 112 valence electrons. The van der Waals surface area contributed by atoms with Gasteiger partial charge in [-0.25, -0.2) is 9.78 Å². The standard InChI is InChI=1S/C12H13N3O5S/c1-20-12(19)8(16)4-13-9(17)5-15-6-14-10-7(11(15)18)2-3-21-10/h2-3,6,8,16H,4-5H2,1H3,(H,13,17). The lowest BCUT2D eigenvalue weighted by Gasteiger charge is -2.10. The number of amides is 1. The molecular weight excluding hydrogens is 298 g/mol. The predicted octanol–water partition coefficient (Wildman–Crippen LogP) is -0.892. The van der Waals surface area contributed by atoms with Gasteiger partial charge in [-0.05, 0) is 11.4 Å². The topological polar surface area (TPSA) is 111 Å². The Morgan fingerprint density at radius 3 is 3.05 bits per heavy atom. The number of carbonyl (C=O) groups is 2. The summed E-state index contributed by atoms with van der Waals surface area (Å²) in [6.45, 7) is -0.528. The van der Waals surface area contributed by atoms with Crippen LogP contribution in [0.3, 0.4) is 0 Å². The molecule has 0 fully saturated rings. The summed E-state index contributed by atoms with van der Waals surface area (Å²) in [5, 5.41) is 13.9. The molecule has 8 nitrogen and oxygen atoms in total. The Morgan fingerprint density at radius 1 is 1.57 bits per heavy atom. The van der Waals surface area contributed by atoms with Crippen LogP contribution < -0.4 is 10.9 Å². The van der Waals surface area contributed by atoms with E-state index in [1.165, 1.54) is 17.7 Å². The van der Waals surface area contributed by atoms with Crippen LogP contribution in [0.1, 0.15) is 0 Å². The summed E-state index contributed by atoms with van der Waals surface area (Å²) < 4.78 is 5.48. The van der Waals surface area contributed by atoms with Crippen molar-refractivity contribution in [3.05, 3.63) is 28.1 Å². The molecule has 0 saturated heterocycles. The van der Waals surface area contributed by atoms with Gasteiger partial charge in [-0.15, -0.1) is 11.3 Å². The minimum absolute atomic E-state index is 0.245. The molecular formula is C12H13N3O5S. The predicted molar refractivity (Wildman–Crippen MR) is 74.9 cm³/mol. The summed E-state index contributed by atoms with van der Waals surface area (Å²) in [6, 6.07) is 1.64. The van der Waals surface area contributed by atoms with E-state index in [4.69, 9.17) is 0 Å². The molecule has 0 aliphatic carbocycles. The van der Waals surface area contributed by atoms with Crippen LogP contribution in [0.5, 0.6) is 0 Å². The number of methoxy groups -OCH3 is 1. The zero-order valence-electron chi connectivity index (χ0n) is 11.1. The van der Waals surface area contributed by atoms with Crippen molar-refractivity contribution < 1.29 is 19.4 Å². The fourth-order valence-electron chi connectivity index (χ4n) is 1.65. The zero-order valence-corrected chi connectivity index (χ0v) is 11.9. The highest BCUT2D eigenvalue weighted by Gasteiger charge is 2.16. The Balaban J connectivity index is 2.00. The van der Waals surface area contributed by atoms with Crippen LogP contribution in [-0.4, -0.2) is 46.3 Å². The van der Waals surface area contributed by atoms with Crippen LogP contribution in [0.25, 0.3) is 10.2 Å². The van der Waals surface area contributed by atoms with Crippen LogP contribution in [-0.2, 0) is 20.9 Å². The second kappa shape index (κ2) is 6.46. The Kier molecular flexibility index (Phi) is 4.66. The van der Waals surface area contributed by atoms with E-state index in [-0.39, 0.29) is 18.6 Å². The van der Waals surface area contributed by atoms with E-state index in [0.717, 1.165) is 11.7 Å². The number of nitrogens with one attached hydrogen (secondary N) is 1. The first-order valence-electron chi connectivity index (χ1n) is 5.98. The van der Waals surface area contributed by atoms with Crippen LogP contribution >= 0.6 is 11.3 Å². The first-order valence-corrected chi connectivity index (χ1v) is 6.86. The van der Waals surface area contributed by atoms with E-state index in [0.29, 0.717) is 10.2 Å². The van der Waals surface area contributed by atoms with Crippen LogP contribution in [0.15, 0.2) is 22.6 Å². The molecule has 1 amide bonds. The van der Waals surface area contributed by atoms with Crippen molar-refractivity contribution in [3.63, 3.8) is 0 Å². The lowest BCUT2D eigenvalue weighted by Crippen LogP contribution is -2.39. The third-order valence-electron chi connectivity index (χ3n) is 2.73. The van der Waals surface area contributed by atoms with Gasteiger partial charge in [0.15, 0.2) is 6.10 Å². The summed E-state index contributed by atoms with van der Waals surface area (Å²) >= 11 is 1.34. The molecule has 9 heteroatoms. The van der Waals surface area contributed by atoms with E-state index in [1.54, 1.807) is 11.4 Å². The number of thiophene rings is 1. The quantitative estimate of drug-likeness (QED) is 0.693. The van der Waals surface area contributed by atoms with Crippen LogP contribution in [0.4, 0.5) is 0 Å². The van der Waals surface area contributed by atoms with E-state index in [2.05, 4.69) is 15.0 Å². The Hall–Kier alpha value is -2.26. The van der Waals surface area contributed by atoms with Crippen molar-refractivity contribution in [1.82, 2.24) is 14.9 Å². The fraction of sp³-hybridized carbons (Fsp3) is 0.333. The number of aliphatic hydroxyl groups is 1. The van der Waals surface area contributed by atoms with E-state index >= 15 is 0 Å². The second-order valence-corrected chi connectivity index (χ2v) is 5.05. The van der Waals surface area contributed by atoms with E-state index < -0.39 is 18.0 Å². The third-order valence-corrected chi connectivity index (χ3v) is 3.55. The second-order valence-electron chi connectivity index (χ2n) is 4.16. The molecule has 2 heterocycles. The van der Waals surface area contributed by atoms with E-state index in [1.807, 2.05) is 0 Å². The van der Waals surface area contributed by atoms with Crippen molar-refractivity contribution in [2.75, 3.05) is 13.7 Å². The molecule has 0 aliphatic heterocycles. The largest absolute Gasteiger partial charge is 0.467 e. The molecule has 2 rings (SSSR count). The van der Waals surface area contributed by atoms with Crippen molar-refractivity contribution in [2.24, 2.45) is 0 Å². The maximum atomic E-state index is 12.0. The Bertz CT molecular complexity index is 723. The molecule has 0 saturated carbocycles. The molecule has 0 bridgehead atoms. The molecule has 1 unspecified atom stereocenters. The average molecular weight is 311 g/mol. The fourth-order valence-corrected chi connectivity index (χ4v) is 2.37. The minimum Gasteiger partial charge on any atom is -0.467 e. The van der Waals surface area contributed by atoms with Gasteiger partial charge in [0, 0.05) is 0 Å². The summed E-state index contributed by atoms with van der Waals surface area (Å²) in [7, 11) is 1.13. The number of esters is 1. The maximum Gasteiger partial charge on any atom is 0.336 e. The van der Waals surface area contributed by atoms with Gasteiger partial charge in [0.25, 0.3) is 5.56 Å². The average Bonchev–Trinajstić information content (AvgIpc) is 2.96. The van der Waals surface area contributed by atoms with Crippen molar-refractivity contribution in [2.45, 2.75) is 12.6 Å². The first-order chi connectivity index (χ1) is 10.0. The molecule has 2 N–H and O–H groups in total. The maximum absolute atomic E-state index is 12.0. The molecule has 2 aromatic rings. The molecule has 2 aromatic heterocycles. The smallest absolute Gasteiger partial charge is 0.336 e. The molecule has 0 aromatic carbocycles. The number of hydrogen-bond acceptors (Lipinski definition) is 7. The molecule has 0 aliphatic rings. The molecule has 0 radical (unpaired) electrons. The van der Waals surface area contributed by atoms with Gasteiger partial charge in [-0.2, -0.15) is 0 Å². The lowest BCUT2D eigenvalue weighted by atomic mass is 10.3. The highest BCUT2D eigenvalue weighted by atomic mass is 32.1. The van der Waals surface area contributed by atoms with Gasteiger partial charge in [-0.1, -0.05) is 0 Å². The summed E-state index contributed by atoms with van der Waals surface area (Å²) in [4.78, 5) is 39.4. The van der Waals surface area contributed by atoms with Gasteiger partial charge in [-0.3, -0.25) is 14.2 Å². The normalized spacial score (nSPS) is 12.1. The number of aliphatic hydroxyl groups excluding tert-OH is 1. The number of ether oxygens (including phenoxy) is 1. The number of rotatable bonds is 5. The van der Waals surface area contributed by atoms with Crippen molar-refractivity contribution in [1.29, 1.82) is 0 Å². The molecule has 1 atom stereocenters. The van der Waals surface area contributed by atoms with Gasteiger partial charge in [0.2, 0.25) is 5.91 Å². The SMILES string of the molecule is COC(=O)C(O)CNC(=O)Cn1cnc2sccc2c1=O. The monoisotopic (exact) mass is 311 g/mol. The third kappa shape index (κ3) is 3.44. The summed E-state index contributed by atoms with van der Waals surface area (Å²) in [6.07, 6.45) is -0.148. The minimum atomic E-state index is -1.44. The number of nitrogens with zero attached hydrogens (tertiary/aromatic N) is 2. The Labute approximate surface area is 123 Å². The van der Waals surface area contributed by atoms with Gasteiger partial charge in [0.05, 0.1) is 25.4 Å². The van der Waals surface area contributed by atoms with Crippen molar-refractivity contribution >= 4 is 33.4 Å². The lowest BCUT2D eigenvalue weighted by molar-refractivity contribution is -0.150. The van der Waals surface area contributed by atoms with Crippen molar-refractivity contribution in [3.8, 4) is 0 Å².